The molecule has 3 nitrogen and oxygen atoms in total. The van der Waals surface area contributed by atoms with Crippen LogP contribution in [0.1, 0.15) is 16.7 Å². The molecule has 3 heteroatoms. The van der Waals surface area contributed by atoms with Gasteiger partial charge in [0.1, 0.15) is 0 Å². The van der Waals surface area contributed by atoms with E-state index in [9.17, 15) is 0 Å². The van der Waals surface area contributed by atoms with Crippen molar-refractivity contribution in [3.05, 3.63) is 59.2 Å². The maximum absolute atomic E-state index is 5.66. The molecule has 0 unspecified atom stereocenters. The summed E-state index contributed by atoms with van der Waals surface area (Å²) in [6.45, 7) is 3.54. The molecule has 0 spiro atoms. The second kappa shape index (κ2) is 5.41. The summed E-state index contributed by atoms with van der Waals surface area (Å²) in [6.07, 6.45) is 2.20. The van der Waals surface area contributed by atoms with E-state index in [0.29, 0.717) is 6.79 Å². The summed E-state index contributed by atoms with van der Waals surface area (Å²) in [6, 6.07) is 14.9. The first-order valence-electron chi connectivity index (χ1n) is 7.57. The number of fused-ring (bicyclic) bond motifs is 3. The molecule has 0 saturated heterocycles. The molecule has 2 aliphatic rings. The summed E-state index contributed by atoms with van der Waals surface area (Å²) in [4.78, 5) is 2.51. The molecule has 0 bridgehead atoms. The van der Waals surface area contributed by atoms with Gasteiger partial charge in [0.15, 0.2) is 11.5 Å². The van der Waals surface area contributed by atoms with Gasteiger partial charge in [0.25, 0.3) is 0 Å². The minimum atomic E-state index is 0.357. The normalized spacial score (nSPS) is 16.8. The van der Waals surface area contributed by atoms with Crippen molar-refractivity contribution in [2.24, 2.45) is 0 Å². The third-order valence-electron chi connectivity index (χ3n) is 4.38. The molecular formula is C18H19NO2. The van der Waals surface area contributed by atoms with Gasteiger partial charge in [-0.1, -0.05) is 36.4 Å². The molecule has 0 fully saturated rings. The topological polar surface area (TPSA) is 21.7 Å². The third kappa shape index (κ3) is 2.49. The van der Waals surface area contributed by atoms with E-state index in [2.05, 4.69) is 41.3 Å². The lowest BCUT2D eigenvalue weighted by molar-refractivity contribution is 0.171. The number of benzene rings is 2. The smallest absolute Gasteiger partial charge is 0.231 e. The molecular weight excluding hydrogens is 262 g/mol. The average Bonchev–Trinajstić information content (AvgIpc) is 3.03. The third-order valence-corrected chi connectivity index (χ3v) is 4.38. The highest BCUT2D eigenvalue weighted by atomic mass is 16.7. The number of rotatable bonds is 3. The molecule has 2 aromatic carbocycles. The molecule has 0 saturated carbocycles. The molecule has 0 aliphatic carbocycles. The Labute approximate surface area is 125 Å². The van der Waals surface area contributed by atoms with Crippen LogP contribution < -0.4 is 9.47 Å². The molecule has 0 aromatic heterocycles. The van der Waals surface area contributed by atoms with Crippen molar-refractivity contribution in [2.75, 3.05) is 19.9 Å². The average molecular weight is 281 g/mol. The Morgan fingerprint density at radius 3 is 2.81 bits per heavy atom. The summed E-state index contributed by atoms with van der Waals surface area (Å²) in [5, 5.41) is 0. The van der Waals surface area contributed by atoms with Crippen molar-refractivity contribution in [1.82, 2.24) is 4.90 Å². The van der Waals surface area contributed by atoms with Crippen molar-refractivity contribution >= 4 is 0 Å². The van der Waals surface area contributed by atoms with Gasteiger partial charge in [-0.15, -0.1) is 0 Å². The number of hydrogen-bond donors (Lipinski definition) is 0. The van der Waals surface area contributed by atoms with E-state index in [-0.39, 0.29) is 0 Å². The zero-order valence-corrected chi connectivity index (χ0v) is 12.0. The Hall–Kier alpha value is -2.00. The summed E-state index contributed by atoms with van der Waals surface area (Å²) in [5.41, 5.74) is 4.14. The van der Waals surface area contributed by atoms with Gasteiger partial charge >= 0.3 is 0 Å². The van der Waals surface area contributed by atoms with E-state index in [1.54, 1.807) is 0 Å². The lowest BCUT2D eigenvalue weighted by Crippen LogP contribution is -2.32. The number of ether oxygens (including phenoxy) is 2. The van der Waals surface area contributed by atoms with Crippen LogP contribution >= 0.6 is 0 Å². The summed E-state index contributed by atoms with van der Waals surface area (Å²) in [5.74, 6) is 1.87. The first-order chi connectivity index (χ1) is 10.4. The molecule has 2 heterocycles. The number of hydrogen-bond acceptors (Lipinski definition) is 3. The molecule has 2 aromatic rings. The lowest BCUT2D eigenvalue weighted by atomic mass is 9.98. The van der Waals surface area contributed by atoms with Gasteiger partial charge in [-0.25, -0.2) is 0 Å². The molecule has 0 radical (unpaired) electrons. The van der Waals surface area contributed by atoms with Crippen LogP contribution in [0.25, 0.3) is 0 Å². The van der Waals surface area contributed by atoms with Crippen molar-refractivity contribution < 1.29 is 9.47 Å². The van der Waals surface area contributed by atoms with Crippen molar-refractivity contribution in [1.29, 1.82) is 0 Å². The summed E-state index contributed by atoms with van der Waals surface area (Å²) < 4.78 is 11.1. The van der Waals surface area contributed by atoms with Crippen LogP contribution in [-0.2, 0) is 19.4 Å². The van der Waals surface area contributed by atoms with E-state index >= 15 is 0 Å². The minimum Gasteiger partial charge on any atom is -0.454 e. The van der Waals surface area contributed by atoms with E-state index in [0.717, 1.165) is 44.0 Å². The van der Waals surface area contributed by atoms with Crippen LogP contribution in [0.15, 0.2) is 42.5 Å². The van der Waals surface area contributed by atoms with E-state index in [4.69, 9.17) is 9.47 Å². The maximum Gasteiger partial charge on any atom is 0.231 e. The second-order valence-electron chi connectivity index (χ2n) is 5.70. The van der Waals surface area contributed by atoms with Gasteiger partial charge in [0, 0.05) is 25.2 Å². The molecule has 108 valence electrons. The van der Waals surface area contributed by atoms with Crippen molar-refractivity contribution in [3.63, 3.8) is 0 Å². The van der Waals surface area contributed by atoms with E-state index < -0.39 is 0 Å². The minimum absolute atomic E-state index is 0.357. The van der Waals surface area contributed by atoms with E-state index in [1.807, 2.05) is 6.07 Å². The predicted molar refractivity (Wildman–Crippen MR) is 81.7 cm³/mol. The first kappa shape index (κ1) is 12.7. The van der Waals surface area contributed by atoms with Gasteiger partial charge in [0.2, 0.25) is 6.79 Å². The molecule has 0 N–H and O–H groups in total. The predicted octanol–water partition coefficient (Wildman–Crippen LogP) is 3.02. The van der Waals surface area contributed by atoms with Crippen LogP contribution in [0.5, 0.6) is 11.5 Å². The largest absolute Gasteiger partial charge is 0.454 e. The highest BCUT2D eigenvalue weighted by Gasteiger charge is 2.25. The Kier molecular flexibility index (Phi) is 3.28. The molecule has 0 amide bonds. The standard InChI is InChI=1S/C18H19NO2/c1-2-4-14(5-3-1)8-10-19-11-9-15-6-7-17-18(16(15)12-19)21-13-20-17/h1-7H,8-13H2. The zero-order chi connectivity index (χ0) is 14.1. The van der Waals surface area contributed by atoms with Gasteiger partial charge < -0.3 is 9.47 Å². The molecule has 4 rings (SSSR count). The van der Waals surface area contributed by atoms with Crippen LogP contribution in [0.2, 0.25) is 0 Å². The first-order valence-corrected chi connectivity index (χ1v) is 7.57. The maximum atomic E-state index is 5.66. The second-order valence-corrected chi connectivity index (χ2v) is 5.70. The monoisotopic (exact) mass is 281 g/mol. The van der Waals surface area contributed by atoms with Crippen molar-refractivity contribution in [3.8, 4) is 11.5 Å². The fourth-order valence-electron chi connectivity index (χ4n) is 3.18. The summed E-state index contributed by atoms with van der Waals surface area (Å²) >= 11 is 0. The fourth-order valence-corrected chi connectivity index (χ4v) is 3.18. The highest BCUT2D eigenvalue weighted by Crippen LogP contribution is 2.39. The molecule has 0 atom stereocenters. The Bertz CT molecular complexity index is 639. The van der Waals surface area contributed by atoms with Gasteiger partial charge in [0.05, 0.1) is 0 Å². The Morgan fingerprint density at radius 1 is 1.00 bits per heavy atom. The van der Waals surface area contributed by atoms with E-state index in [1.165, 1.54) is 16.7 Å². The van der Waals surface area contributed by atoms with Gasteiger partial charge in [-0.05, 0) is 30.0 Å². The zero-order valence-electron chi connectivity index (χ0n) is 12.0. The van der Waals surface area contributed by atoms with Crippen LogP contribution in [0.3, 0.4) is 0 Å². The van der Waals surface area contributed by atoms with Crippen LogP contribution in [0.4, 0.5) is 0 Å². The fraction of sp³-hybridized carbons (Fsp3) is 0.333. The highest BCUT2D eigenvalue weighted by molar-refractivity contribution is 5.52. The van der Waals surface area contributed by atoms with Gasteiger partial charge in [-0.3, -0.25) is 4.90 Å². The number of nitrogens with zero attached hydrogens (tertiary/aromatic N) is 1. The Morgan fingerprint density at radius 2 is 1.90 bits per heavy atom. The SMILES string of the molecule is c1ccc(CCN2CCc3ccc4c(c3C2)OCO4)cc1. The summed E-state index contributed by atoms with van der Waals surface area (Å²) in [7, 11) is 0. The molecule has 21 heavy (non-hydrogen) atoms. The van der Waals surface area contributed by atoms with Gasteiger partial charge in [-0.2, -0.15) is 0 Å². The molecule has 2 aliphatic heterocycles. The van der Waals surface area contributed by atoms with Crippen molar-refractivity contribution in [2.45, 2.75) is 19.4 Å². The van der Waals surface area contributed by atoms with Crippen LogP contribution in [-0.4, -0.2) is 24.8 Å². The van der Waals surface area contributed by atoms with Crippen LogP contribution in [0, 0.1) is 0 Å². The Balaban J connectivity index is 1.48. The quantitative estimate of drug-likeness (QED) is 0.863. The lowest BCUT2D eigenvalue weighted by Gasteiger charge is -2.29.